The molecular formula is C90H26F28N6. The van der Waals surface area contributed by atoms with Crippen LogP contribution in [0.1, 0.15) is 0 Å². The van der Waals surface area contributed by atoms with Crippen molar-refractivity contribution in [1.29, 1.82) is 0 Å². The predicted octanol–water partition coefficient (Wildman–Crippen LogP) is 27.2. The number of nitrogens with one attached hydrogen (secondary N) is 2. The quantitative estimate of drug-likeness (QED) is 0.100. The molecule has 21 rings (SSSR count). The SMILES string of the molecule is Fc1c(F)c(F)c(-c2c3c4ccccc4c(c(-c4c(F)c(F)c(F)c(F)c4F)c4c5ccccc5c5c(c6[nH]c(c(-c7c(F)c(F)c(F)c(F)c7F)c7c8ccccc8c(c(-c8c(F)c(F)c(F)c(F)c8F)c8c9ccccc9c9c(c%10[nH]c2c2ccccc2%10)c2c(F)c(F)c(F)c(F)c2n89)N=7)c2ccccc26)c2c(F)c(F)c(F)c(F)c2n45)N=3)c(F)c1F. The van der Waals surface area contributed by atoms with Crippen molar-refractivity contribution in [2.24, 2.45) is 9.98 Å². The first-order chi connectivity index (χ1) is 59.3. The fourth-order valence-corrected chi connectivity index (χ4v) is 17.7. The van der Waals surface area contributed by atoms with Crippen molar-refractivity contribution >= 4 is 153 Å². The summed E-state index contributed by atoms with van der Waals surface area (Å²) in [5, 5.41) is -16.3. The highest BCUT2D eigenvalue weighted by atomic mass is 19.2. The molecule has 7 aromatic heterocycles. The Morgan fingerprint density at radius 1 is 0.161 bits per heavy atom. The Balaban J connectivity index is 1.18. The molecule has 2 aliphatic rings. The lowest BCUT2D eigenvalue weighted by atomic mass is 9.97. The van der Waals surface area contributed by atoms with Gasteiger partial charge in [0.2, 0.25) is 23.3 Å². The first-order valence-electron chi connectivity index (χ1n) is 36.0. The number of rotatable bonds is 4. The molecule has 19 aromatic rings. The van der Waals surface area contributed by atoms with E-state index in [0.29, 0.717) is 8.80 Å². The zero-order valence-corrected chi connectivity index (χ0v) is 60.2. The van der Waals surface area contributed by atoms with Gasteiger partial charge in [-0.25, -0.2) is 133 Å². The van der Waals surface area contributed by atoms with Crippen LogP contribution in [0.5, 0.6) is 0 Å². The molecule has 34 heteroatoms. The molecule has 2 N–H and O–H groups in total. The number of halogens is 28. The van der Waals surface area contributed by atoms with E-state index in [1.807, 2.05) is 0 Å². The zero-order chi connectivity index (χ0) is 87.1. The van der Waals surface area contributed by atoms with Gasteiger partial charge < -0.3 is 18.8 Å². The van der Waals surface area contributed by atoms with Gasteiger partial charge in [0.25, 0.3) is 0 Å². The molecule has 2 aliphatic heterocycles. The van der Waals surface area contributed by atoms with Crippen molar-refractivity contribution in [2.45, 2.75) is 0 Å². The van der Waals surface area contributed by atoms with Crippen LogP contribution in [0.4, 0.5) is 134 Å². The van der Waals surface area contributed by atoms with Crippen molar-refractivity contribution < 1.29 is 123 Å². The average Bonchev–Trinajstić information content (AvgIpc) is 1.52. The van der Waals surface area contributed by atoms with Gasteiger partial charge in [-0.3, -0.25) is 0 Å². The third-order valence-corrected chi connectivity index (χ3v) is 22.7. The minimum atomic E-state index is -2.91. The van der Waals surface area contributed by atoms with E-state index in [9.17, 15) is 0 Å². The molecular weight excluding hydrogens is 1700 g/mol. The molecule has 12 aromatic carbocycles. The van der Waals surface area contributed by atoms with Crippen molar-refractivity contribution in [1.82, 2.24) is 18.8 Å². The van der Waals surface area contributed by atoms with Gasteiger partial charge >= 0.3 is 0 Å². The van der Waals surface area contributed by atoms with Crippen LogP contribution >= 0.6 is 0 Å². The maximum atomic E-state index is 18.3. The van der Waals surface area contributed by atoms with Crippen molar-refractivity contribution in [3.05, 3.63) is 319 Å². The van der Waals surface area contributed by atoms with Crippen LogP contribution in [-0.2, 0) is 0 Å². The number of fused-ring (bicyclic) bond motifs is 10. The van der Waals surface area contributed by atoms with Gasteiger partial charge in [0, 0.05) is 97.7 Å². The molecule has 0 amide bonds. The topological polar surface area (TPSA) is 65.1 Å². The summed E-state index contributed by atoms with van der Waals surface area (Å²) in [4.78, 5) is 14.5. The maximum Gasteiger partial charge on any atom is 0.200 e. The van der Waals surface area contributed by atoms with E-state index >= 15 is 123 Å². The Morgan fingerprint density at radius 2 is 0.363 bits per heavy atom. The van der Waals surface area contributed by atoms with Crippen molar-refractivity contribution in [2.75, 3.05) is 0 Å². The maximum absolute atomic E-state index is 18.3. The normalized spacial score (nSPS) is 12.5. The highest BCUT2D eigenvalue weighted by Crippen LogP contribution is 2.55. The summed E-state index contributed by atoms with van der Waals surface area (Å²) in [6.07, 6.45) is 0. The lowest BCUT2D eigenvalue weighted by molar-refractivity contribution is 0.381. The number of H-pyrrole nitrogens is 2. The Hall–Kier alpha value is -14.9. The van der Waals surface area contributed by atoms with Gasteiger partial charge in [-0.15, -0.1) is 0 Å². The van der Waals surface area contributed by atoms with Crippen LogP contribution < -0.4 is 10.7 Å². The summed E-state index contributed by atoms with van der Waals surface area (Å²) in [7, 11) is 0. The molecule has 0 spiro atoms. The Kier molecular flexibility index (Phi) is 16.2. The second-order valence-electron chi connectivity index (χ2n) is 28.7. The van der Waals surface area contributed by atoms with Crippen molar-refractivity contribution in [3.8, 4) is 44.5 Å². The Labute approximate surface area is 665 Å². The summed E-state index contributed by atoms with van der Waals surface area (Å²) in [6, 6.07) is 24.0. The van der Waals surface area contributed by atoms with Crippen LogP contribution in [-0.4, -0.2) is 18.8 Å². The highest BCUT2D eigenvalue weighted by molar-refractivity contribution is 6.35. The fraction of sp³-hybridized carbons (Fsp3) is 0. The summed E-state index contributed by atoms with van der Waals surface area (Å²) in [6.45, 7) is 0. The Bertz CT molecular complexity index is 8250. The van der Waals surface area contributed by atoms with Crippen LogP contribution in [0.25, 0.3) is 186 Å². The Morgan fingerprint density at radius 3 is 0.637 bits per heavy atom. The zero-order valence-electron chi connectivity index (χ0n) is 60.2. The van der Waals surface area contributed by atoms with Gasteiger partial charge in [-0.2, -0.15) is 0 Å². The first kappa shape index (κ1) is 76.5. The van der Waals surface area contributed by atoms with E-state index in [2.05, 4.69) is 20.0 Å². The van der Waals surface area contributed by atoms with Crippen LogP contribution in [0.15, 0.2) is 156 Å². The minimum absolute atomic E-state index is 0.294. The lowest BCUT2D eigenvalue weighted by Gasteiger charge is -2.12. The van der Waals surface area contributed by atoms with E-state index in [4.69, 9.17) is 0 Å². The van der Waals surface area contributed by atoms with E-state index < -0.39 is 371 Å². The third-order valence-electron chi connectivity index (χ3n) is 22.7. The summed E-state index contributed by atoms with van der Waals surface area (Å²) in [5.74, 6) is -77.8. The van der Waals surface area contributed by atoms with Crippen molar-refractivity contribution in [3.63, 3.8) is 0 Å². The monoisotopic (exact) mass is 1720 g/mol. The second-order valence-corrected chi connectivity index (χ2v) is 28.7. The summed E-state index contributed by atoms with van der Waals surface area (Å²) < 4.78 is 482. The van der Waals surface area contributed by atoms with Crippen LogP contribution in [0.2, 0.25) is 0 Å². The molecule has 0 fully saturated rings. The standard InChI is InChI=1S/C90H26F28N6/c91-49-37(50(92)60(102)69(111)59(49)101)43-77-25-13-1-5-17-29(25)81(119-77)45(39-53(95)63(105)71(113)64(106)54(39)96)85-33-21-9-11-23-35(33)87-48(42-58(100)68(110)73(115)75(117)89(42)123(85)87)84-32-20-8-4-16-28(32)80(122-84)44(38-51(93)61(103)70(112)62(104)52(38)94)78-26-14-2-6-18-30(26)82(120-78)46(40-55(97)65(107)72(114)66(108)56(40)98)86-34-22-10-12-24-36(34)88-47(83-31-19-7-3-15-27(31)79(43)121-83)41-57(99)67(109)74(116)76(118)90(41)124(86)88/h1-24,121-122H. The minimum Gasteiger partial charge on any atom is -0.353 e. The average molecular weight is 1720 g/mol. The first-order valence-corrected chi connectivity index (χ1v) is 36.0. The molecule has 0 saturated carbocycles. The smallest absolute Gasteiger partial charge is 0.200 e. The molecule has 6 nitrogen and oxygen atoms in total. The molecule has 612 valence electrons. The highest BCUT2D eigenvalue weighted by Gasteiger charge is 2.41. The number of aromatic nitrogens is 4. The van der Waals surface area contributed by atoms with Gasteiger partial charge in [0.1, 0.15) is 0 Å². The largest absolute Gasteiger partial charge is 0.353 e. The molecule has 124 heavy (non-hydrogen) atoms. The second kappa shape index (κ2) is 26.3. The fourth-order valence-electron chi connectivity index (χ4n) is 17.7. The molecule has 0 atom stereocenters. The summed E-state index contributed by atoms with van der Waals surface area (Å²) in [5.41, 5.74) is -29.3. The van der Waals surface area contributed by atoms with Gasteiger partial charge in [-0.05, 0) is 0 Å². The number of benzene rings is 12. The third kappa shape index (κ3) is 9.57. The number of aromatic amines is 2. The van der Waals surface area contributed by atoms with Gasteiger partial charge in [0.05, 0.1) is 110 Å². The molecule has 0 saturated heterocycles. The van der Waals surface area contributed by atoms with Crippen LogP contribution in [0.3, 0.4) is 0 Å². The molecule has 16 bridgehead atoms. The van der Waals surface area contributed by atoms with E-state index in [0.717, 1.165) is 146 Å². The van der Waals surface area contributed by atoms with E-state index in [1.165, 1.54) is 0 Å². The number of nitrogens with zero attached hydrogens (tertiary/aromatic N) is 4. The van der Waals surface area contributed by atoms with E-state index in [-0.39, 0.29) is 0 Å². The lowest BCUT2D eigenvalue weighted by Crippen LogP contribution is -2.11. The number of hydrogen-bond acceptors (Lipinski definition) is 2. The van der Waals surface area contributed by atoms with Crippen LogP contribution in [0, 0.1) is 163 Å². The van der Waals surface area contributed by atoms with Gasteiger partial charge in [-0.1, -0.05) is 146 Å². The number of hydrogen-bond donors (Lipinski definition) is 2. The molecule has 0 aliphatic carbocycles. The summed E-state index contributed by atoms with van der Waals surface area (Å²) >= 11 is 0. The molecule has 0 radical (unpaired) electrons. The molecule has 9 heterocycles. The molecule has 0 unspecified atom stereocenters. The van der Waals surface area contributed by atoms with E-state index in [1.54, 1.807) is 0 Å². The van der Waals surface area contributed by atoms with Gasteiger partial charge in [0.15, 0.2) is 140 Å². The predicted molar refractivity (Wildman–Crippen MR) is 402 cm³/mol.